The van der Waals surface area contributed by atoms with Crippen molar-refractivity contribution in [3.63, 3.8) is 0 Å². The first-order valence-corrected chi connectivity index (χ1v) is 13.6. The fourth-order valence-corrected chi connectivity index (χ4v) is 6.41. The number of anilines is 1. The number of nitrogens with one attached hydrogen (secondary N) is 1. The molecule has 1 fully saturated rings. The summed E-state index contributed by atoms with van der Waals surface area (Å²) in [4.78, 5) is 13.0. The average Bonchev–Trinajstić information content (AvgIpc) is 2.81. The summed E-state index contributed by atoms with van der Waals surface area (Å²) in [7, 11) is -7.33. The first-order valence-electron chi connectivity index (χ1n) is 10.7. The second-order valence-corrected chi connectivity index (χ2v) is 11.4. The van der Waals surface area contributed by atoms with Crippen molar-refractivity contribution in [1.29, 1.82) is 0 Å². The Kier molecular flexibility index (Phi) is 7.91. The van der Waals surface area contributed by atoms with Gasteiger partial charge in [0.15, 0.2) is 0 Å². The molecule has 0 atom stereocenters. The Bertz CT molecular complexity index is 1200. The smallest absolute Gasteiger partial charge is 0.255 e. The van der Waals surface area contributed by atoms with Gasteiger partial charge < -0.3 is 10.1 Å². The van der Waals surface area contributed by atoms with Crippen molar-refractivity contribution < 1.29 is 26.4 Å². The van der Waals surface area contributed by atoms with Crippen LogP contribution in [0.2, 0.25) is 0 Å². The molecule has 2 aromatic carbocycles. The van der Waals surface area contributed by atoms with Gasteiger partial charge in [0.05, 0.1) is 23.0 Å². The van der Waals surface area contributed by atoms with Crippen LogP contribution < -0.4 is 5.32 Å². The minimum Gasteiger partial charge on any atom is -0.379 e. The SMILES string of the molecule is CCN(CC)S(=O)(=O)c1ccc(C(=O)Nc2cc(S(=O)(=O)N3CCOCC3)ccc2C)cc1. The van der Waals surface area contributed by atoms with Crippen molar-refractivity contribution >= 4 is 31.6 Å². The van der Waals surface area contributed by atoms with Gasteiger partial charge in [0.2, 0.25) is 20.0 Å². The van der Waals surface area contributed by atoms with Crippen LogP contribution in [0.15, 0.2) is 52.3 Å². The third-order valence-corrected chi connectivity index (χ3v) is 9.48. The van der Waals surface area contributed by atoms with Crippen LogP contribution in [0.3, 0.4) is 0 Å². The summed E-state index contributed by atoms with van der Waals surface area (Å²) in [6.45, 7) is 7.23. The molecule has 0 aliphatic carbocycles. The monoisotopic (exact) mass is 495 g/mol. The zero-order chi connectivity index (χ0) is 24.2. The van der Waals surface area contributed by atoms with E-state index < -0.39 is 26.0 Å². The van der Waals surface area contributed by atoms with Crippen LogP contribution >= 0.6 is 0 Å². The second kappa shape index (κ2) is 10.3. The molecule has 2 aromatic rings. The number of aryl methyl sites for hydroxylation is 1. The maximum Gasteiger partial charge on any atom is 0.255 e. The fourth-order valence-electron chi connectivity index (χ4n) is 3.52. The molecule has 1 amide bonds. The molecule has 1 aliphatic rings. The number of ether oxygens (including phenoxy) is 1. The summed E-state index contributed by atoms with van der Waals surface area (Å²) in [5.41, 5.74) is 1.33. The van der Waals surface area contributed by atoms with Crippen molar-refractivity contribution in [1.82, 2.24) is 8.61 Å². The molecule has 9 nitrogen and oxygen atoms in total. The van der Waals surface area contributed by atoms with E-state index in [0.717, 1.165) is 0 Å². The van der Waals surface area contributed by atoms with Crippen LogP contribution in [0.25, 0.3) is 0 Å². The number of morpholine rings is 1. The first-order chi connectivity index (χ1) is 15.6. The standard InChI is InChI=1S/C22H29N3O6S2/c1-4-24(5-2)32(27,28)19-10-7-18(8-11-19)22(26)23-21-16-20(9-6-17(21)3)33(29,30)25-12-14-31-15-13-25/h6-11,16H,4-5,12-15H2,1-3H3,(H,23,26). The van der Waals surface area contributed by atoms with Gasteiger partial charge in [-0.05, 0) is 48.9 Å². The average molecular weight is 496 g/mol. The molecule has 0 bridgehead atoms. The fraction of sp³-hybridized carbons (Fsp3) is 0.409. The lowest BCUT2D eigenvalue weighted by Crippen LogP contribution is -2.40. The Morgan fingerprint density at radius 1 is 0.970 bits per heavy atom. The number of nitrogens with zero attached hydrogens (tertiary/aromatic N) is 2. The zero-order valence-corrected chi connectivity index (χ0v) is 20.6. The van der Waals surface area contributed by atoms with Crippen LogP contribution in [0.5, 0.6) is 0 Å². The predicted octanol–water partition coefficient (Wildman–Crippen LogP) is 2.30. The second-order valence-electron chi connectivity index (χ2n) is 7.56. The molecule has 11 heteroatoms. The van der Waals surface area contributed by atoms with Gasteiger partial charge in [-0.1, -0.05) is 19.9 Å². The van der Waals surface area contributed by atoms with Gasteiger partial charge >= 0.3 is 0 Å². The molecule has 1 aliphatic heterocycles. The van der Waals surface area contributed by atoms with Gasteiger partial charge in [0, 0.05) is 37.4 Å². The van der Waals surface area contributed by atoms with E-state index in [-0.39, 0.29) is 28.4 Å². The summed E-state index contributed by atoms with van der Waals surface area (Å²) >= 11 is 0. The van der Waals surface area contributed by atoms with E-state index in [1.54, 1.807) is 26.8 Å². The van der Waals surface area contributed by atoms with Crippen LogP contribution in [0, 0.1) is 6.92 Å². The Balaban J connectivity index is 1.81. The van der Waals surface area contributed by atoms with Crippen molar-refractivity contribution in [2.45, 2.75) is 30.6 Å². The minimum absolute atomic E-state index is 0.0889. The quantitative estimate of drug-likeness (QED) is 0.601. The van der Waals surface area contributed by atoms with E-state index in [0.29, 0.717) is 37.6 Å². The summed E-state index contributed by atoms with van der Waals surface area (Å²) in [6, 6.07) is 10.3. The molecule has 33 heavy (non-hydrogen) atoms. The number of hydrogen-bond acceptors (Lipinski definition) is 6. The molecular weight excluding hydrogens is 466 g/mol. The molecular formula is C22H29N3O6S2. The lowest BCUT2D eigenvalue weighted by molar-refractivity contribution is 0.0730. The molecule has 0 unspecified atom stereocenters. The van der Waals surface area contributed by atoms with E-state index in [4.69, 9.17) is 4.74 Å². The van der Waals surface area contributed by atoms with Crippen LogP contribution in [0.1, 0.15) is 29.8 Å². The van der Waals surface area contributed by atoms with E-state index in [1.165, 1.54) is 45.0 Å². The Labute approximate surface area is 195 Å². The van der Waals surface area contributed by atoms with E-state index >= 15 is 0 Å². The third kappa shape index (κ3) is 5.44. The third-order valence-electron chi connectivity index (χ3n) is 5.52. The number of carbonyl (C=O) groups excluding carboxylic acids is 1. The minimum atomic E-state index is -3.71. The van der Waals surface area contributed by atoms with Crippen molar-refractivity contribution in [2.24, 2.45) is 0 Å². The van der Waals surface area contributed by atoms with Crippen LogP contribution in [0.4, 0.5) is 5.69 Å². The zero-order valence-electron chi connectivity index (χ0n) is 18.9. The van der Waals surface area contributed by atoms with Crippen LogP contribution in [-0.4, -0.2) is 70.7 Å². The van der Waals surface area contributed by atoms with E-state index in [1.807, 2.05) is 0 Å². The van der Waals surface area contributed by atoms with Crippen LogP contribution in [-0.2, 0) is 24.8 Å². The molecule has 0 radical (unpaired) electrons. The molecule has 3 rings (SSSR count). The highest BCUT2D eigenvalue weighted by Gasteiger charge is 2.27. The molecule has 180 valence electrons. The highest BCUT2D eigenvalue weighted by molar-refractivity contribution is 7.89. The molecule has 1 N–H and O–H groups in total. The Morgan fingerprint density at radius 2 is 1.55 bits per heavy atom. The van der Waals surface area contributed by atoms with Gasteiger partial charge in [-0.15, -0.1) is 0 Å². The molecule has 0 saturated carbocycles. The molecule has 1 heterocycles. The van der Waals surface area contributed by atoms with Gasteiger partial charge in [-0.25, -0.2) is 16.8 Å². The summed E-state index contributed by atoms with van der Waals surface area (Å²) in [5.74, 6) is -0.467. The van der Waals surface area contributed by atoms with Gasteiger partial charge in [-0.3, -0.25) is 4.79 Å². The van der Waals surface area contributed by atoms with Crippen molar-refractivity contribution in [2.75, 3.05) is 44.7 Å². The number of carbonyl (C=O) groups is 1. The summed E-state index contributed by atoms with van der Waals surface area (Å²) in [5, 5.41) is 2.74. The Hall–Kier alpha value is -2.31. The molecule has 1 saturated heterocycles. The van der Waals surface area contributed by atoms with Gasteiger partial charge in [0.1, 0.15) is 0 Å². The summed E-state index contributed by atoms with van der Waals surface area (Å²) in [6.07, 6.45) is 0. The topological polar surface area (TPSA) is 113 Å². The molecule has 0 spiro atoms. The highest BCUT2D eigenvalue weighted by Crippen LogP contribution is 2.24. The number of hydrogen-bond donors (Lipinski definition) is 1. The summed E-state index contributed by atoms with van der Waals surface area (Å²) < 4.78 is 59.1. The molecule has 0 aromatic heterocycles. The van der Waals surface area contributed by atoms with Gasteiger partial charge in [0.25, 0.3) is 5.91 Å². The normalized spacial score (nSPS) is 15.5. The predicted molar refractivity (Wildman–Crippen MR) is 125 cm³/mol. The van der Waals surface area contributed by atoms with E-state index in [9.17, 15) is 21.6 Å². The highest BCUT2D eigenvalue weighted by atomic mass is 32.2. The number of sulfonamides is 2. The number of rotatable bonds is 8. The maximum absolute atomic E-state index is 12.9. The van der Waals surface area contributed by atoms with Crippen molar-refractivity contribution in [3.05, 3.63) is 53.6 Å². The lowest BCUT2D eigenvalue weighted by Gasteiger charge is -2.26. The van der Waals surface area contributed by atoms with Gasteiger partial charge in [-0.2, -0.15) is 8.61 Å². The first kappa shape index (κ1) is 25.3. The number of amides is 1. The largest absolute Gasteiger partial charge is 0.379 e. The number of benzene rings is 2. The maximum atomic E-state index is 12.9. The van der Waals surface area contributed by atoms with Crippen molar-refractivity contribution in [3.8, 4) is 0 Å². The Morgan fingerprint density at radius 3 is 2.12 bits per heavy atom. The van der Waals surface area contributed by atoms with E-state index in [2.05, 4.69) is 5.32 Å². The lowest BCUT2D eigenvalue weighted by atomic mass is 10.1.